The molecule has 0 radical (unpaired) electrons. The number of hydrogen-bond donors (Lipinski definition) is 3. The summed E-state index contributed by atoms with van der Waals surface area (Å²) < 4.78 is 28.3. The molecule has 1 heterocycles. The highest BCUT2D eigenvalue weighted by atomic mass is 16.7. The number of carbonyl (C=O) groups is 4. The van der Waals surface area contributed by atoms with Crippen LogP contribution in [0.2, 0.25) is 0 Å². The van der Waals surface area contributed by atoms with Gasteiger partial charge in [0.25, 0.3) is 0 Å². The van der Waals surface area contributed by atoms with Crippen LogP contribution in [0.3, 0.4) is 0 Å². The highest BCUT2D eigenvalue weighted by Gasteiger charge is 2.50. The zero-order chi connectivity index (χ0) is 56.1. The summed E-state index contributed by atoms with van der Waals surface area (Å²) in [5.74, 6) is -3.24. The molecule has 1 aliphatic rings. The smallest absolute Gasteiger partial charge is 0.335 e. The number of carboxylic acid groups (broad SMARTS) is 1. The van der Waals surface area contributed by atoms with Crippen LogP contribution < -0.4 is 0 Å². The van der Waals surface area contributed by atoms with E-state index in [0.717, 1.165) is 122 Å². The van der Waals surface area contributed by atoms with Gasteiger partial charge in [0, 0.05) is 19.3 Å². The Hall–Kier alpha value is -4.62. The van der Waals surface area contributed by atoms with E-state index in [2.05, 4.69) is 118 Å². The zero-order valence-corrected chi connectivity index (χ0v) is 47.9. The van der Waals surface area contributed by atoms with Crippen molar-refractivity contribution in [2.24, 2.45) is 0 Å². The van der Waals surface area contributed by atoms with E-state index in [4.69, 9.17) is 23.7 Å². The van der Waals surface area contributed by atoms with Gasteiger partial charge in [-0.25, -0.2) is 4.79 Å². The van der Waals surface area contributed by atoms with Crippen LogP contribution in [-0.4, -0.2) is 89.2 Å². The minimum absolute atomic E-state index is 0.0367. The second kappa shape index (κ2) is 52.1. The summed E-state index contributed by atoms with van der Waals surface area (Å²) in [4.78, 5) is 51.1. The van der Waals surface area contributed by atoms with Gasteiger partial charge in [-0.2, -0.15) is 0 Å². The van der Waals surface area contributed by atoms with E-state index in [-0.39, 0.29) is 25.9 Å². The summed E-state index contributed by atoms with van der Waals surface area (Å²) in [6.45, 7) is 5.73. The molecule has 0 bridgehead atoms. The highest BCUT2D eigenvalue weighted by Crippen LogP contribution is 2.26. The molecule has 0 aromatic rings. The van der Waals surface area contributed by atoms with Crippen LogP contribution in [0.5, 0.6) is 0 Å². The molecule has 12 nitrogen and oxygen atoms in total. The van der Waals surface area contributed by atoms with Crippen LogP contribution in [-0.2, 0) is 42.9 Å². The molecule has 0 spiro atoms. The third-order valence-electron chi connectivity index (χ3n) is 12.8. The molecule has 0 aromatic carbocycles. The molecule has 1 fully saturated rings. The lowest BCUT2D eigenvalue weighted by Gasteiger charge is -2.40. The van der Waals surface area contributed by atoms with Gasteiger partial charge in [-0.1, -0.05) is 201 Å². The van der Waals surface area contributed by atoms with E-state index in [0.29, 0.717) is 25.7 Å². The molecule has 6 unspecified atom stereocenters. The summed E-state index contributed by atoms with van der Waals surface area (Å²) in [7, 11) is 0. The largest absolute Gasteiger partial charge is 0.479 e. The summed E-state index contributed by atoms with van der Waals surface area (Å²) in [6, 6.07) is 0. The fourth-order valence-electron chi connectivity index (χ4n) is 8.21. The molecule has 1 saturated heterocycles. The van der Waals surface area contributed by atoms with Crippen molar-refractivity contribution in [2.75, 3.05) is 13.2 Å². The molecule has 0 amide bonds. The number of rotatable bonds is 49. The average molecular weight is 1080 g/mol. The van der Waals surface area contributed by atoms with Crippen molar-refractivity contribution in [2.45, 2.75) is 263 Å². The maximum absolute atomic E-state index is 13.1. The van der Waals surface area contributed by atoms with E-state index in [1.165, 1.54) is 38.5 Å². The first kappa shape index (κ1) is 70.4. The molecular weight excluding hydrogens is 973 g/mol. The number of carbonyl (C=O) groups excluding carboxylic acids is 3. The van der Waals surface area contributed by atoms with Crippen LogP contribution in [0.4, 0.5) is 0 Å². The highest BCUT2D eigenvalue weighted by molar-refractivity contribution is 5.74. The molecule has 3 N–H and O–H groups in total. The summed E-state index contributed by atoms with van der Waals surface area (Å²) in [5.41, 5.74) is 0. The van der Waals surface area contributed by atoms with Crippen molar-refractivity contribution in [1.29, 1.82) is 0 Å². The van der Waals surface area contributed by atoms with Crippen LogP contribution in [0.1, 0.15) is 226 Å². The second-order valence-electron chi connectivity index (χ2n) is 19.9. The Bertz CT molecular complexity index is 1750. The monoisotopic (exact) mass is 1080 g/mol. The van der Waals surface area contributed by atoms with Crippen LogP contribution in [0, 0.1) is 0 Å². The van der Waals surface area contributed by atoms with E-state index in [1.54, 1.807) is 0 Å². The van der Waals surface area contributed by atoms with E-state index >= 15 is 0 Å². The number of aliphatic carboxylic acids is 1. The maximum atomic E-state index is 13.1. The molecule has 1 aliphatic heterocycles. The Labute approximate surface area is 465 Å². The van der Waals surface area contributed by atoms with Gasteiger partial charge in [-0.15, -0.1) is 0 Å². The fraction of sp³-hybridized carbons (Fsp3) is 0.662. The second-order valence-corrected chi connectivity index (χ2v) is 19.9. The summed E-state index contributed by atoms with van der Waals surface area (Å²) in [5, 5.41) is 31.4. The van der Waals surface area contributed by atoms with Gasteiger partial charge in [0.05, 0.1) is 6.61 Å². The Balaban J connectivity index is 2.73. The van der Waals surface area contributed by atoms with Crippen molar-refractivity contribution in [3.05, 3.63) is 109 Å². The topological polar surface area (TPSA) is 175 Å². The van der Waals surface area contributed by atoms with Crippen molar-refractivity contribution >= 4 is 23.9 Å². The van der Waals surface area contributed by atoms with Gasteiger partial charge in [-0.3, -0.25) is 14.4 Å². The normalized spacial score (nSPS) is 18.8. The number of unbranched alkanes of at least 4 members (excludes halogenated alkanes) is 17. The van der Waals surface area contributed by atoms with Gasteiger partial charge in [-0.05, 0) is 116 Å². The standard InChI is InChI=1S/C65H104O12/c1-4-7-10-13-16-19-22-24-26-28-29-31-32-34-37-39-42-45-48-51-57(66)73-54-56(75-58(67)52-49-46-43-41-38-35-33-30-27-25-23-20-17-14-11-8-5-2)55-74-65-63(61(70)60(69)62(77-65)64(71)72)76-59(68)53-50-47-44-40-36-21-18-15-12-9-6-3/h8,11,15-20,24-27,29,31,33,35,41,43,56,60-63,65,69-70H,4-7,9-10,12-14,21-23,28,30,32,34,36-40,42,44-55H2,1-3H3,(H,71,72)/b11-8-,18-15-,19-16-,20-17-,26-24-,27-25-,31-29-,35-33-,43-41-. The lowest BCUT2D eigenvalue weighted by atomic mass is 9.98. The molecule has 12 heteroatoms. The number of allylic oxidation sites excluding steroid dienone is 18. The number of carboxylic acids is 1. The fourth-order valence-corrected chi connectivity index (χ4v) is 8.21. The number of hydrogen-bond acceptors (Lipinski definition) is 11. The Morgan fingerprint density at radius 3 is 1.34 bits per heavy atom. The third kappa shape index (κ3) is 42.1. The van der Waals surface area contributed by atoms with Gasteiger partial charge in [0.1, 0.15) is 18.8 Å². The first-order valence-corrected chi connectivity index (χ1v) is 29.9. The van der Waals surface area contributed by atoms with Crippen molar-refractivity contribution in [3.8, 4) is 0 Å². The zero-order valence-electron chi connectivity index (χ0n) is 47.9. The van der Waals surface area contributed by atoms with Crippen molar-refractivity contribution < 1.29 is 58.2 Å². The summed E-state index contributed by atoms with van der Waals surface area (Å²) >= 11 is 0. The maximum Gasteiger partial charge on any atom is 0.335 e. The van der Waals surface area contributed by atoms with Gasteiger partial charge < -0.3 is 39.0 Å². The molecule has 77 heavy (non-hydrogen) atoms. The average Bonchev–Trinajstić information content (AvgIpc) is 3.42. The predicted molar refractivity (Wildman–Crippen MR) is 312 cm³/mol. The lowest BCUT2D eigenvalue weighted by molar-refractivity contribution is -0.301. The van der Waals surface area contributed by atoms with Crippen molar-refractivity contribution in [3.63, 3.8) is 0 Å². The first-order valence-electron chi connectivity index (χ1n) is 29.9. The number of aliphatic hydroxyl groups is 2. The third-order valence-corrected chi connectivity index (χ3v) is 12.8. The van der Waals surface area contributed by atoms with Gasteiger partial charge >= 0.3 is 23.9 Å². The Morgan fingerprint density at radius 1 is 0.442 bits per heavy atom. The first-order chi connectivity index (χ1) is 37.6. The van der Waals surface area contributed by atoms with E-state index < -0.39 is 67.3 Å². The molecule has 436 valence electrons. The summed E-state index contributed by atoms with van der Waals surface area (Å²) in [6.07, 6.45) is 57.8. The minimum atomic E-state index is -1.92. The minimum Gasteiger partial charge on any atom is -0.479 e. The SMILES string of the molecule is CC/C=C\C/C=C\C/C=C\C/C=C\C/C=C\CCCC(=O)OC(COC(=O)CCCCCCCC/C=C\C/C=C\C/C=C\CCCCC)COC1OC(C(=O)O)C(O)C(O)C1OC(=O)CCCCCCC/C=C\CCCC. The number of aliphatic hydroxyl groups excluding tert-OH is 2. The molecular formula is C65H104O12. The Morgan fingerprint density at radius 2 is 0.844 bits per heavy atom. The number of ether oxygens (including phenoxy) is 5. The number of esters is 3. The molecule has 0 aromatic heterocycles. The molecule has 6 atom stereocenters. The molecule has 1 rings (SSSR count). The van der Waals surface area contributed by atoms with E-state index in [1.807, 2.05) is 12.2 Å². The van der Waals surface area contributed by atoms with Gasteiger partial charge in [0.2, 0.25) is 0 Å². The Kier molecular flexibility index (Phi) is 47.6. The quantitative estimate of drug-likeness (QED) is 0.0228. The van der Waals surface area contributed by atoms with Crippen molar-refractivity contribution in [1.82, 2.24) is 0 Å². The van der Waals surface area contributed by atoms with E-state index in [9.17, 15) is 34.5 Å². The molecule has 0 saturated carbocycles. The van der Waals surface area contributed by atoms with Gasteiger partial charge in [0.15, 0.2) is 24.6 Å². The lowest BCUT2D eigenvalue weighted by Crippen LogP contribution is -2.61. The van der Waals surface area contributed by atoms with Crippen LogP contribution in [0.25, 0.3) is 0 Å². The predicted octanol–water partition coefficient (Wildman–Crippen LogP) is 15.4. The van der Waals surface area contributed by atoms with Crippen LogP contribution >= 0.6 is 0 Å². The molecule has 0 aliphatic carbocycles. The van der Waals surface area contributed by atoms with Crippen LogP contribution in [0.15, 0.2) is 109 Å².